The summed E-state index contributed by atoms with van der Waals surface area (Å²) in [7, 11) is 0. The van der Waals surface area contributed by atoms with Crippen LogP contribution >= 0.6 is 11.6 Å². The second-order valence-corrected chi connectivity index (χ2v) is 3.77. The van der Waals surface area contributed by atoms with Gasteiger partial charge in [0.25, 0.3) is 0 Å². The third-order valence-electron chi connectivity index (χ3n) is 2.16. The molecule has 4 heteroatoms. The Morgan fingerprint density at radius 1 is 1.31 bits per heavy atom. The fourth-order valence-corrected chi connectivity index (χ4v) is 1.52. The van der Waals surface area contributed by atoms with Gasteiger partial charge in [0, 0.05) is 12.7 Å². The lowest BCUT2D eigenvalue weighted by Crippen LogP contribution is -1.94. The maximum Gasteiger partial charge on any atom is 0.0790 e. The van der Waals surface area contributed by atoms with Crippen LogP contribution in [0.1, 0.15) is 5.56 Å². The van der Waals surface area contributed by atoms with Gasteiger partial charge >= 0.3 is 0 Å². The normalized spacial score (nSPS) is 11.1. The predicted octanol–water partition coefficient (Wildman–Crippen LogP) is 2.50. The van der Waals surface area contributed by atoms with Gasteiger partial charge in [-0.15, -0.1) is 0 Å². The molecule has 1 aromatic heterocycles. The number of benzene rings is 1. The van der Waals surface area contributed by atoms with Crippen molar-refractivity contribution in [2.24, 2.45) is 5.73 Å². The van der Waals surface area contributed by atoms with Crippen LogP contribution in [0.2, 0.25) is 5.02 Å². The van der Waals surface area contributed by atoms with Crippen LogP contribution < -0.4 is 5.73 Å². The topological polar surface area (TPSA) is 43.8 Å². The number of hydrogen-bond acceptors (Lipinski definition) is 2. The van der Waals surface area contributed by atoms with Crippen molar-refractivity contribution in [1.82, 2.24) is 9.78 Å². The monoisotopic (exact) mass is 233 g/mol. The molecule has 0 aliphatic heterocycles. The van der Waals surface area contributed by atoms with Crippen molar-refractivity contribution >= 4 is 17.7 Å². The van der Waals surface area contributed by atoms with E-state index in [4.69, 9.17) is 17.3 Å². The molecule has 0 saturated carbocycles. The maximum atomic E-state index is 5.80. The van der Waals surface area contributed by atoms with Crippen LogP contribution in [-0.4, -0.2) is 16.3 Å². The molecular weight excluding hydrogens is 222 g/mol. The summed E-state index contributed by atoms with van der Waals surface area (Å²) in [4.78, 5) is 0. The Labute approximate surface area is 99.1 Å². The quantitative estimate of drug-likeness (QED) is 0.885. The molecular formula is C12H12ClN3. The third-order valence-corrected chi connectivity index (χ3v) is 2.35. The van der Waals surface area contributed by atoms with Crippen molar-refractivity contribution in [2.75, 3.05) is 6.54 Å². The van der Waals surface area contributed by atoms with Crippen molar-refractivity contribution in [1.29, 1.82) is 0 Å². The molecule has 1 heterocycles. The Morgan fingerprint density at radius 2 is 2.06 bits per heavy atom. The molecule has 16 heavy (non-hydrogen) atoms. The van der Waals surface area contributed by atoms with E-state index in [9.17, 15) is 0 Å². The Bertz CT molecular complexity index is 485. The molecule has 1 aromatic carbocycles. The van der Waals surface area contributed by atoms with Gasteiger partial charge in [-0.2, -0.15) is 5.10 Å². The minimum atomic E-state index is 0.552. The van der Waals surface area contributed by atoms with Crippen molar-refractivity contribution in [3.05, 3.63) is 53.3 Å². The molecule has 0 aliphatic carbocycles. The summed E-state index contributed by atoms with van der Waals surface area (Å²) < 4.78 is 1.73. The summed E-state index contributed by atoms with van der Waals surface area (Å²) in [6.07, 6.45) is 7.29. The first-order valence-corrected chi connectivity index (χ1v) is 5.34. The Kier molecular flexibility index (Phi) is 3.39. The molecule has 0 amide bonds. The summed E-state index contributed by atoms with van der Waals surface area (Å²) >= 11 is 5.80. The van der Waals surface area contributed by atoms with Gasteiger partial charge in [0.1, 0.15) is 0 Å². The van der Waals surface area contributed by atoms with Crippen LogP contribution in [0.25, 0.3) is 11.8 Å². The zero-order valence-electron chi connectivity index (χ0n) is 8.68. The highest BCUT2D eigenvalue weighted by molar-refractivity contribution is 6.30. The molecule has 0 atom stereocenters. The highest BCUT2D eigenvalue weighted by Crippen LogP contribution is 2.13. The Balaban J connectivity index is 2.22. The first-order chi connectivity index (χ1) is 7.79. The minimum absolute atomic E-state index is 0.552. The maximum absolute atomic E-state index is 5.80. The molecule has 2 N–H and O–H groups in total. The summed E-state index contributed by atoms with van der Waals surface area (Å²) in [5, 5.41) is 4.76. The Hall–Kier alpha value is -1.58. The minimum Gasteiger partial charge on any atom is -0.327 e. The van der Waals surface area contributed by atoms with Gasteiger partial charge in [-0.1, -0.05) is 35.9 Å². The highest BCUT2D eigenvalue weighted by Gasteiger charge is 1.98. The molecule has 0 bridgehead atoms. The molecule has 0 unspecified atom stereocenters. The number of rotatable bonds is 3. The molecule has 0 radical (unpaired) electrons. The fourth-order valence-electron chi connectivity index (χ4n) is 1.38. The van der Waals surface area contributed by atoms with Crippen molar-refractivity contribution in [3.63, 3.8) is 0 Å². The average Bonchev–Trinajstić information content (AvgIpc) is 2.74. The second-order valence-electron chi connectivity index (χ2n) is 3.33. The van der Waals surface area contributed by atoms with E-state index in [0.29, 0.717) is 11.6 Å². The molecule has 2 aromatic rings. The summed E-state index contributed by atoms with van der Waals surface area (Å²) in [5.74, 6) is 0. The van der Waals surface area contributed by atoms with E-state index < -0.39 is 0 Å². The van der Waals surface area contributed by atoms with Crippen LogP contribution in [0.4, 0.5) is 0 Å². The highest BCUT2D eigenvalue weighted by atomic mass is 35.5. The summed E-state index contributed by atoms with van der Waals surface area (Å²) in [5.41, 5.74) is 7.49. The van der Waals surface area contributed by atoms with E-state index in [0.717, 1.165) is 11.3 Å². The van der Waals surface area contributed by atoms with Crippen LogP contribution in [0.5, 0.6) is 0 Å². The van der Waals surface area contributed by atoms with Gasteiger partial charge in [0.2, 0.25) is 0 Å². The number of halogens is 1. The van der Waals surface area contributed by atoms with Crippen molar-refractivity contribution in [3.8, 4) is 5.69 Å². The molecule has 3 nitrogen and oxygen atoms in total. The van der Waals surface area contributed by atoms with Crippen molar-refractivity contribution < 1.29 is 0 Å². The van der Waals surface area contributed by atoms with Crippen LogP contribution in [0.3, 0.4) is 0 Å². The van der Waals surface area contributed by atoms with Gasteiger partial charge in [0.15, 0.2) is 0 Å². The van der Waals surface area contributed by atoms with Gasteiger partial charge in [-0.05, 0) is 17.7 Å². The largest absolute Gasteiger partial charge is 0.327 e. The first kappa shape index (κ1) is 10.9. The summed E-state index contributed by atoms with van der Waals surface area (Å²) in [6.45, 7) is 0.552. The van der Waals surface area contributed by atoms with Gasteiger partial charge in [0.05, 0.1) is 16.9 Å². The number of nitrogens with two attached hydrogens (primary N) is 1. The van der Waals surface area contributed by atoms with E-state index in [-0.39, 0.29) is 0 Å². The Morgan fingerprint density at radius 3 is 2.62 bits per heavy atom. The van der Waals surface area contributed by atoms with E-state index >= 15 is 0 Å². The molecule has 0 saturated heterocycles. The van der Waals surface area contributed by atoms with Crippen molar-refractivity contribution in [2.45, 2.75) is 0 Å². The van der Waals surface area contributed by atoms with Gasteiger partial charge < -0.3 is 5.73 Å². The smallest absolute Gasteiger partial charge is 0.0790 e. The fraction of sp³-hybridized carbons (Fsp3) is 0.0833. The van der Waals surface area contributed by atoms with E-state index in [2.05, 4.69) is 5.10 Å². The first-order valence-electron chi connectivity index (χ1n) is 4.97. The SMILES string of the molecule is NC/C=C/c1ccc(-n2cc(Cl)cn2)cc1. The third kappa shape index (κ3) is 2.51. The van der Waals surface area contributed by atoms with Gasteiger partial charge in [-0.25, -0.2) is 4.68 Å². The number of nitrogens with zero attached hydrogens (tertiary/aromatic N) is 2. The lowest BCUT2D eigenvalue weighted by Gasteiger charge is -2.01. The molecule has 0 aliphatic rings. The molecule has 2 rings (SSSR count). The van der Waals surface area contributed by atoms with Crippen LogP contribution in [0, 0.1) is 0 Å². The number of hydrogen-bond donors (Lipinski definition) is 1. The molecule has 0 fully saturated rings. The van der Waals surface area contributed by atoms with E-state index in [1.165, 1.54) is 0 Å². The van der Waals surface area contributed by atoms with Gasteiger partial charge in [-0.3, -0.25) is 0 Å². The average molecular weight is 234 g/mol. The number of aromatic nitrogens is 2. The zero-order valence-corrected chi connectivity index (χ0v) is 9.43. The lowest BCUT2D eigenvalue weighted by molar-refractivity contribution is 0.880. The zero-order chi connectivity index (χ0) is 11.4. The van der Waals surface area contributed by atoms with Crippen LogP contribution in [0.15, 0.2) is 42.7 Å². The van der Waals surface area contributed by atoms with Crippen LogP contribution in [-0.2, 0) is 0 Å². The van der Waals surface area contributed by atoms with E-state index in [1.54, 1.807) is 17.1 Å². The van der Waals surface area contributed by atoms with E-state index in [1.807, 2.05) is 36.4 Å². The molecule has 0 spiro atoms. The second kappa shape index (κ2) is 4.96. The standard InChI is InChI=1S/C12H12ClN3/c13-11-8-15-16(9-11)12-5-3-10(4-6-12)2-1-7-14/h1-6,8-9H,7,14H2/b2-1+. The predicted molar refractivity (Wildman–Crippen MR) is 66.7 cm³/mol. The summed E-state index contributed by atoms with van der Waals surface area (Å²) in [6, 6.07) is 7.99. The molecule has 82 valence electrons. The lowest BCUT2D eigenvalue weighted by atomic mass is 10.2.